The van der Waals surface area contributed by atoms with Gasteiger partial charge in [-0.05, 0) is 41.8 Å². The maximum absolute atomic E-state index is 11.4. The van der Waals surface area contributed by atoms with Crippen molar-refractivity contribution in [3.8, 4) is 0 Å². The van der Waals surface area contributed by atoms with Crippen molar-refractivity contribution in [1.82, 2.24) is 0 Å². The summed E-state index contributed by atoms with van der Waals surface area (Å²) in [7, 11) is 3.53. The number of nitrogens with zero attached hydrogens (tertiary/aromatic N) is 2. The van der Waals surface area contributed by atoms with Crippen molar-refractivity contribution in [3.63, 3.8) is 0 Å². The number of amides is 2. The number of hydrogen-bond donors (Lipinski definition) is 0. The molecule has 0 spiro atoms. The highest BCUT2D eigenvalue weighted by Crippen LogP contribution is 2.19. The summed E-state index contributed by atoms with van der Waals surface area (Å²) in [5, 5.41) is 0. The summed E-state index contributed by atoms with van der Waals surface area (Å²) in [5.74, 6) is 0.0332. The Morgan fingerprint density at radius 2 is 1.00 bits per heavy atom. The Hall–Kier alpha value is -2.62. The van der Waals surface area contributed by atoms with Crippen molar-refractivity contribution in [2.24, 2.45) is 0 Å². The first-order valence-corrected chi connectivity index (χ1v) is 7.55. The van der Waals surface area contributed by atoms with E-state index in [1.165, 1.54) is 11.1 Å². The van der Waals surface area contributed by atoms with Gasteiger partial charge < -0.3 is 9.80 Å². The molecule has 0 aliphatic carbocycles. The molecule has 0 unspecified atom stereocenters. The van der Waals surface area contributed by atoms with Gasteiger partial charge in [-0.15, -0.1) is 0 Å². The topological polar surface area (TPSA) is 40.6 Å². The van der Waals surface area contributed by atoms with Gasteiger partial charge in [-0.1, -0.05) is 24.3 Å². The highest BCUT2D eigenvalue weighted by atomic mass is 16.2. The second-order valence-electron chi connectivity index (χ2n) is 5.67. The lowest BCUT2D eigenvalue weighted by Crippen LogP contribution is -2.22. The molecule has 0 heterocycles. The fourth-order valence-corrected chi connectivity index (χ4v) is 2.27. The van der Waals surface area contributed by atoms with Gasteiger partial charge in [-0.25, -0.2) is 0 Å². The van der Waals surface area contributed by atoms with Crippen LogP contribution >= 0.6 is 0 Å². The summed E-state index contributed by atoms with van der Waals surface area (Å²) in [6.07, 6.45) is 0.814. The largest absolute Gasteiger partial charge is 0.316 e. The van der Waals surface area contributed by atoms with E-state index in [0.717, 1.165) is 17.8 Å². The smallest absolute Gasteiger partial charge is 0.223 e. The molecular weight excluding hydrogens is 288 g/mol. The molecule has 0 aliphatic rings. The van der Waals surface area contributed by atoms with Crippen molar-refractivity contribution < 1.29 is 9.59 Å². The predicted octanol–water partition coefficient (Wildman–Crippen LogP) is 3.24. The molecule has 0 radical (unpaired) electrons. The number of carbonyl (C=O) groups excluding carboxylic acids is 2. The van der Waals surface area contributed by atoms with Crippen LogP contribution in [0.2, 0.25) is 0 Å². The molecule has 0 fully saturated rings. The Balaban J connectivity index is 2.07. The Bertz CT molecular complexity index is 629. The molecule has 2 aromatic rings. The zero-order chi connectivity index (χ0) is 17.0. The van der Waals surface area contributed by atoms with Crippen LogP contribution in [0.25, 0.3) is 0 Å². The molecule has 0 bridgehead atoms. The summed E-state index contributed by atoms with van der Waals surface area (Å²) in [6.45, 7) is 3.10. The lowest BCUT2D eigenvalue weighted by atomic mass is 10.0. The zero-order valence-electron chi connectivity index (χ0n) is 14.0. The van der Waals surface area contributed by atoms with Crippen molar-refractivity contribution >= 4 is 23.2 Å². The molecule has 4 heteroatoms. The maximum Gasteiger partial charge on any atom is 0.223 e. The normalized spacial score (nSPS) is 10.3. The molecule has 4 nitrogen and oxygen atoms in total. The van der Waals surface area contributed by atoms with E-state index in [0.29, 0.717) is 0 Å². The summed E-state index contributed by atoms with van der Waals surface area (Å²) in [6, 6.07) is 15.9. The number of rotatable bonds is 4. The first kappa shape index (κ1) is 16.7. The number of hydrogen-bond acceptors (Lipinski definition) is 2. The van der Waals surface area contributed by atoms with Crippen molar-refractivity contribution in [2.45, 2.75) is 20.3 Å². The van der Waals surface area contributed by atoms with Crippen molar-refractivity contribution in [2.75, 3.05) is 23.9 Å². The van der Waals surface area contributed by atoms with Gasteiger partial charge in [0.25, 0.3) is 0 Å². The number of carbonyl (C=O) groups is 2. The minimum atomic E-state index is 0.0166. The van der Waals surface area contributed by atoms with Crippen LogP contribution in [0.15, 0.2) is 48.5 Å². The van der Waals surface area contributed by atoms with E-state index in [2.05, 4.69) is 0 Å². The van der Waals surface area contributed by atoms with E-state index in [1.54, 1.807) is 37.7 Å². The average Bonchev–Trinajstić information content (AvgIpc) is 2.54. The van der Waals surface area contributed by atoms with Crippen LogP contribution in [-0.4, -0.2) is 25.9 Å². The number of benzene rings is 2. The molecule has 23 heavy (non-hydrogen) atoms. The van der Waals surface area contributed by atoms with Crippen LogP contribution in [0.1, 0.15) is 25.0 Å². The fourth-order valence-electron chi connectivity index (χ4n) is 2.27. The lowest BCUT2D eigenvalue weighted by molar-refractivity contribution is -0.117. The molecule has 0 aromatic heterocycles. The molecular formula is C19H22N2O2. The first-order chi connectivity index (χ1) is 10.9. The standard InChI is InChI=1S/C19H22N2O2/c1-14(22)20(3)18-9-5-16(6-10-18)13-17-7-11-19(12-8-17)21(4)15(2)23/h5-12H,13H2,1-4H3. The summed E-state index contributed by atoms with van der Waals surface area (Å²) >= 11 is 0. The molecule has 0 atom stereocenters. The molecule has 0 saturated heterocycles. The van der Waals surface area contributed by atoms with Crippen LogP contribution in [0.3, 0.4) is 0 Å². The minimum absolute atomic E-state index is 0.0166. The number of anilines is 2. The Kier molecular flexibility index (Phi) is 5.16. The predicted molar refractivity (Wildman–Crippen MR) is 93.9 cm³/mol. The Morgan fingerprint density at radius 3 is 1.26 bits per heavy atom. The van der Waals surface area contributed by atoms with Crippen molar-refractivity contribution in [1.29, 1.82) is 0 Å². The third kappa shape index (κ3) is 4.19. The summed E-state index contributed by atoms with van der Waals surface area (Å²) in [5.41, 5.74) is 4.14. The molecule has 0 N–H and O–H groups in total. The lowest BCUT2D eigenvalue weighted by Gasteiger charge is -2.16. The third-order valence-corrected chi connectivity index (χ3v) is 4.00. The molecule has 2 rings (SSSR count). The molecule has 2 amide bonds. The van der Waals surface area contributed by atoms with Gasteiger partial charge in [-0.3, -0.25) is 9.59 Å². The van der Waals surface area contributed by atoms with Gasteiger partial charge in [0.2, 0.25) is 11.8 Å². The summed E-state index contributed by atoms with van der Waals surface area (Å²) in [4.78, 5) is 25.9. The highest BCUT2D eigenvalue weighted by Gasteiger charge is 2.07. The van der Waals surface area contributed by atoms with Gasteiger partial charge in [-0.2, -0.15) is 0 Å². The monoisotopic (exact) mass is 310 g/mol. The highest BCUT2D eigenvalue weighted by molar-refractivity contribution is 5.91. The molecule has 120 valence electrons. The van der Waals surface area contributed by atoms with Gasteiger partial charge in [0.05, 0.1) is 0 Å². The second kappa shape index (κ2) is 7.09. The van der Waals surface area contributed by atoms with Crippen LogP contribution in [0.5, 0.6) is 0 Å². The summed E-state index contributed by atoms with van der Waals surface area (Å²) < 4.78 is 0. The van der Waals surface area contributed by atoms with Crippen LogP contribution in [-0.2, 0) is 16.0 Å². The minimum Gasteiger partial charge on any atom is -0.316 e. The average molecular weight is 310 g/mol. The molecule has 2 aromatic carbocycles. The van der Waals surface area contributed by atoms with Gasteiger partial charge in [0.1, 0.15) is 0 Å². The Labute approximate surface area is 137 Å². The molecule has 0 aliphatic heterocycles. The second-order valence-corrected chi connectivity index (χ2v) is 5.67. The van der Waals surface area contributed by atoms with E-state index < -0.39 is 0 Å². The SMILES string of the molecule is CC(=O)N(C)c1ccc(Cc2ccc(N(C)C(C)=O)cc2)cc1. The van der Waals surface area contributed by atoms with E-state index in [-0.39, 0.29) is 11.8 Å². The van der Waals surface area contributed by atoms with Gasteiger partial charge >= 0.3 is 0 Å². The Morgan fingerprint density at radius 1 is 0.696 bits per heavy atom. The van der Waals surface area contributed by atoms with E-state index in [4.69, 9.17) is 0 Å². The van der Waals surface area contributed by atoms with Gasteiger partial charge in [0.15, 0.2) is 0 Å². The fraction of sp³-hybridized carbons (Fsp3) is 0.263. The first-order valence-electron chi connectivity index (χ1n) is 7.55. The quantitative estimate of drug-likeness (QED) is 0.870. The zero-order valence-corrected chi connectivity index (χ0v) is 14.0. The maximum atomic E-state index is 11.4. The van der Waals surface area contributed by atoms with E-state index in [9.17, 15) is 9.59 Å². The van der Waals surface area contributed by atoms with Crippen LogP contribution in [0.4, 0.5) is 11.4 Å². The van der Waals surface area contributed by atoms with E-state index >= 15 is 0 Å². The van der Waals surface area contributed by atoms with Crippen LogP contribution in [0, 0.1) is 0 Å². The van der Waals surface area contributed by atoms with E-state index in [1.807, 2.05) is 48.5 Å². The third-order valence-electron chi connectivity index (χ3n) is 4.00. The van der Waals surface area contributed by atoms with Gasteiger partial charge in [0, 0.05) is 39.3 Å². The molecule has 0 saturated carbocycles. The van der Waals surface area contributed by atoms with Crippen molar-refractivity contribution in [3.05, 3.63) is 59.7 Å². The van der Waals surface area contributed by atoms with Crippen LogP contribution < -0.4 is 9.80 Å².